The van der Waals surface area contributed by atoms with Crippen LogP contribution in [0.4, 0.5) is 14.9 Å². The fourth-order valence-electron chi connectivity index (χ4n) is 3.14. The van der Waals surface area contributed by atoms with Gasteiger partial charge in [-0.05, 0) is 37.6 Å². The molecule has 4 N–H and O–H groups in total. The molecule has 1 aromatic carbocycles. The fourth-order valence-corrected chi connectivity index (χ4v) is 3.14. The lowest BCUT2D eigenvalue weighted by Gasteiger charge is -2.35. The second-order valence-electron chi connectivity index (χ2n) is 6.27. The van der Waals surface area contributed by atoms with Crippen molar-refractivity contribution in [3.63, 3.8) is 0 Å². The minimum Gasteiger partial charge on any atom is -0.391 e. The lowest BCUT2D eigenvalue weighted by atomic mass is 10.0. The molecular formula is C16H19FN4O4. The minimum absolute atomic E-state index is 0.191. The molecule has 8 nitrogen and oxygen atoms in total. The number of halogens is 1. The Hall–Kier alpha value is -2.68. The summed E-state index contributed by atoms with van der Waals surface area (Å²) in [6.45, 7) is 1.63. The Bertz CT molecular complexity index is 694. The molecule has 9 heteroatoms. The van der Waals surface area contributed by atoms with Crippen LogP contribution in [0.2, 0.25) is 0 Å². The minimum atomic E-state index is -0.994. The Morgan fingerprint density at radius 2 is 2.04 bits per heavy atom. The third kappa shape index (κ3) is 3.55. The summed E-state index contributed by atoms with van der Waals surface area (Å²) < 4.78 is 12.9. The van der Waals surface area contributed by atoms with Crippen molar-refractivity contribution in [3.8, 4) is 0 Å². The van der Waals surface area contributed by atoms with E-state index in [1.54, 1.807) is 0 Å². The number of anilines is 1. The van der Waals surface area contributed by atoms with Crippen LogP contribution in [-0.2, 0) is 9.59 Å². The SMILES string of the molecule is C[C@H](O)[C@H]1NC(=O)[C@@H]2C[C@H](NC(=O)Nc3ccc(F)cc3)CN2C1=O. The summed E-state index contributed by atoms with van der Waals surface area (Å²) in [4.78, 5) is 37.9. The molecule has 4 amide bonds. The van der Waals surface area contributed by atoms with Crippen molar-refractivity contribution in [2.24, 2.45) is 0 Å². The zero-order valence-electron chi connectivity index (χ0n) is 13.5. The first-order chi connectivity index (χ1) is 11.8. The molecule has 0 unspecified atom stereocenters. The van der Waals surface area contributed by atoms with Crippen molar-refractivity contribution < 1.29 is 23.9 Å². The number of hydrogen-bond donors (Lipinski definition) is 4. The van der Waals surface area contributed by atoms with Crippen LogP contribution in [0.1, 0.15) is 13.3 Å². The van der Waals surface area contributed by atoms with Crippen LogP contribution in [-0.4, -0.2) is 58.6 Å². The standard InChI is InChI=1S/C16H19FN4O4/c1-8(22)13-15(24)21-7-11(6-12(21)14(23)20-13)19-16(25)18-10-4-2-9(17)3-5-10/h2-5,8,11-13,22H,6-7H2,1H3,(H,20,23)(H2,18,19,25)/t8-,11-,12-,13+/m0/s1. The lowest BCUT2D eigenvalue weighted by molar-refractivity contribution is -0.149. The van der Waals surface area contributed by atoms with Gasteiger partial charge in [-0.3, -0.25) is 9.59 Å². The number of aliphatic hydroxyl groups excluding tert-OH is 1. The molecule has 25 heavy (non-hydrogen) atoms. The fraction of sp³-hybridized carbons (Fsp3) is 0.438. The summed E-state index contributed by atoms with van der Waals surface area (Å²) >= 11 is 0. The van der Waals surface area contributed by atoms with Gasteiger partial charge in [-0.25, -0.2) is 9.18 Å². The van der Waals surface area contributed by atoms with E-state index in [0.717, 1.165) is 0 Å². The average molecular weight is 350 g/mol. The molecular weight excluding hydrogens is 331 g/mol. The van der Waals surface area contributed by atoms with Crippen molar-refractivity contribution in [3.05, 3.63) is 30.1 Å². The molecule has 4 atom stereocenters. The Labute approximate surface area is 143 Å². The highest BCUT2D eigenvalue weighted by molar-refractivity contribution is 5.98. The van der Waals surface area contributed by atoms with E-state index in [4.69, 9.17) is 0 Å². The molecule has 3 rings (SSSR count). The van der Waals surface area contributed by atoms with Crippen LogP contribution in [0.5, 0.6) is 0 Å². The van der Waals surface area contributed by atoms with Crippen LogP contribution in [0.15, 0.2) is 24.3 Å². The molecule has 2 aliphatic heterocycles. The highest BCUT2D eigenvalue weighted by atomic mass is 19.1. The van der Waals surface area contributed by atoms with Crippen LogP contribution in [0, 0.1) is 5.82 Å². The largest absolute Gasteiger partial charge is 0.391 e. The smallest absolute Gasteiger partial charge is 0.319 e. The van der Waals surface area contributed by atoms with E-state index < -0.39 is 36.1 Å². The van der Waals surface area contributed by atoms with Gasteiger partial charge in [0.2, 0.25) is 11.8 Å². The van der Waals surface area contributed by atoms with Crippen molar-refractivity contribution in [1.29, 1.82) is 0 Å². The van der Waals surface area contributed by atoms with E-state index in [0.29, 0.717) is 12.1 Å². The Kier molecular flexibility index (Phi) is 4.58. The Balaban J connectivity index is 1.60. The number of rotatable bonds is 3. The summed E-state index contributed by atoms with van der Waals surface area (Å²) in [6, 6.07) is 2.79. The molecule has 0 spiro atoms. The monoisotopic (exact) mass is 350 g/mol. The van der Waals surface area contributed by atoms with Gasteiger partial charge in [-0.2, -0.15) is 0 Å². The molecule has 2 saturated heterocycles. The first-order valence-corrected chi connectivity index (χ1v) is 7.97. The van der Waals surface area contributed by atoms with E-state index in [2.05, 4.69) is 16.0 Å². The number of amides is 4. The zero-order valence-corrected chi connectivity index (χ0v) is 13.5. The van der Waals surface area contributed by atoms with Crippen molar-refractivity contribution in [2.45, 2.75) is 37.6 Å². The van der Waals surface area contributed by atoms with Crippen molar-refractivity contribution >= 4 is 23.5 Å². The predicted molar refractivity (Wildman–Crippen MR) is 86.1 cm³/mol. The highest BCUT2D eigenvalue weighted by Crippen LogP contribution is 2.23. The maximum absolute atomic E-state index is 12.9. The van der Waals surface area contributed by atoms with Gasteiger partial charge in [0.05, 0.1) is 12.1 Å². The summed E-state index contributed by atoms with van der Waals surface area (Å²) in [7, 11) is 0. The number of nitrogens with zero attached hydrogens (tertiary/aromatic N) is 1. The summed E-state index contributed by atoms with van der Waals surface area (Å²) in [6.07, 6.45) is -0.702. The number of benzene rings is 1. The van der Waals surface area contributed by atoms with Gasteiger partial charge in [-0.1, -0.05) is 0 Å². The molecule has 134 valence electrons. The third-order valence-electron chi connectivity index (χ3n) is 4.37. The Morgan fingerprint density at radius 3 is 2.68 bits per heavy atom. The molecule has 0 saturated carbocycles. The molecule has 1 aromatic rings. The molecule has 2 heterocycles. The van der Waals surface area contributed by atoms with Crippen LogP contribution in [0.25, 0.3) is 0 Å². The van der Waals surface area contributed by atoms with E-state index in [1.807, 2.05) is 0 Å². The van der Waals surface area contributed by atoms with E-state index >= 15 is 0 Å². The number of urea groups is 1. The summed E-state index contributed by atoms with van der Waals surface area (Å²) in [5, 5.41) is 17.4. The highest BCUT2D eigenvalue weighted by Gasteiger charge is 2.47. The summed E-state index contributed by atoms with van der Waals surface area (Å²) in [5.41, 5.74) is 0.428. The Morgan fingerprint density at radius 1 is 1.36 bits per heavy atom. The first-order valence-electron chi connectivity index (χ1n) is 7.97. The maximum atomic E-state index is 12.9. The van der Waals surface area contributed by atoms with Crippen LogP contribution < -0.4 is 16.0 Å². The molecule has 0 radical (unpaired) electrons. The van der Waals surface area contributed by atoms with Crippen molar-refractivity contribution in [2.75, 3.05) is 11.9 Å². The van der Waals surface area contributed by atoms with Gasteiger partial charge in [0.1, 0.15) is 17.9 Å². The normalized spacial score (nSPS) is 26.7. The van der Waals surface area contributed by atoms with Gasteiger partial charge < -0.3 is 26.0 Å². The maximum Gasteiger partial charge on any atom is 0.319 e. The van der Waals surface area contributed by atoms with E-state index in [1.165, 1.54) is 36.1 Å². The van der Waals surface area contributed by atoms with Gasteiger partial charge in [0.15, 0.2) is 0 Å². The van der Waals surface area contributed by atoms with Gasteiger partial charge in [-0.15, -0.1) is 0 Å². The van der Waals surface area contributed by atoms with Gasteiger partial charge in [0, 0.05) is 12.2 Å². The number of carbonyl (C=O) groups is 3. The second-order valence-corrected chi connectivity index (χ2v) is 6.27. The number of fused-ring (bicyclic) bond motifs is 1. The number of aliphatic hydroxyl groups is 1. The van der Waals surface area contributed by atoms with Crippen LogP contribution in [0.3, 0.4) is 0 Å². The quantitative estimate of drug-likeness (QED) is 0.605. The number of nitrogens with one attached hydrogen (secondary N) is 3. The van der Waals surface area contributed by atoms with Crippen LogP contribution >= 0.6 is 0 Å². The predicted octanol–water partition coefficient (Wildman–Crippen LogP) is -0.204. The molecule has 0 aromatic heterocycles. The number of hydrogen-bond acceptors (Lipinski definition) is 4. The second kappa shape index (κ2) is 6.67. The van der Waals surface area contributed by atoms with E-state index in [-0.39, 0.29) is 18.4 Å². The molecule has 2 aliphatic rings. The van der Waals surface area contributed by atoms with Gasteiger partial charge >= 0.3 is 6.03 Å². The lowest BCUT2D eigenvalue weighted by Crippen LogP contribution is -2.64. The van der Waals surface area contributed by atoms with Gasteiger partial charge in [0.25, 0.3) is 0 Å². The summed E-state index contributed by atoms with van der Waals surface area (Å²) in [5.74, 6) is -1.10. The number of carbonyl (C=O) groups excluding carboxylic acids is 3. The molecule has 0 aliphatic carbocycles. The van der Waals surface area contributed by atoms with Crippen molar-refractivity contribution in [1.82, 2.24) is 15.5 Å². The third-order valence-corrected chi connectivity index (χ3v) is 4.37. The number of piperazine rings is 1. The first kappa shape index (κ1) is 17.2. The molecule has 0 bridgehead atoms. The average Bonchev–Trinajstić information content (AvgIpc) is 2.97. The van der Waals surface area contributed by atoms with E-state index in [9.17, 15) is 23.9 Å². The zero-order chi connectivity index (χ0) is 18.1. The molecule has 2 fully saturated rings. The topological polar surface area (TPSA) is 111 Å².